The van der Waals surface area contributed by atoms with Gasteiger partial charge in [0.15, 0.2) is 0 Å². The van der Waals surface area contributed by atoms with Gasteiger partial charge in [0.2, 0.25) is 0 Å². The standard InChI is InChI=1S/C18H15P.C12H17BrO2/c1-4-10-16(11-5-1)19(17-12-6-2-7-13-17)18-14-8-3-9-15-18;1-9(6-7-13)11-8-10(14-2)4-5-12(11)15-3/h1-15H;4-5,8-9H,6-7H2,1-3H3. The Morgan fingerprint density at radius 1 is 0.676 bits per heavy atom. The summed E-state index contributed by atoms with van der Waals surface area (Å²) in [6, 6.07) is 38.3. The second kappa shape index (κ2) is 13.9. The molecule has 0 saturated heterocycles. The molecule has 0 aliphatic carbocycles. The SMILES string of the molecule is COc1ccc(OC)c(C(C)CCBr)c1.c1ccc(P(c2ccccc2)c2ccccc2)cc1. The maximum absolute atomic E-state index is 5.34. The minimum atomic E-state index is -0.446. The van der Waals surface area contributed by atoms with Crippen LogP contribution in [0.5, 0.6) is 11.5 Å². The average Bonchev–Trinajstić information content (AvgIpc) is 2.91. The van der Waals surface area contributed by atoms with Gasteiger partial charge in [-0.3, -0.25) is 0 Å². The van der Waals surface area contributed by atoms with Crippen LogP contribution in [-0.4, -0.2) is 19.5 Å². The van der Waals surface area contributed by atoms with E-state index >= 15 is 0 Å². The number of rotatable bonds is 8. The first kappa shape index (κ1) is 26.0. The van der Waals surface area contributed by atoms with Crippen molar-refractivity contribution in [3.05, 3.63) is 115 Å². The van der Waals surface area contributed by atoms with Crippen LogP contribution >= 0.6 is 23.9 Å². The van der Waals surface area contributed by atoms with Gasteiger partial charge in [-0.25, -0.2) is 0 Å². The molecule has 0 heterocycles. The van der Waals surface area contributed by atoms with Crippen LogP contribution < -0.4 is 25.4 Å². The first-order valence-corrected chi connectivity index (χ1v) is 13.9. The molecule has 4 aromatic rings. The van der Waals surface area contributed by atoms with Gasteiger partial charge in [0, 0.05) is 10.9 Å². The van der Waals surface area contributed by atoms with Gasteiger partial charge in [-0.1, -0.05) is 114 Å². The molecule has 4 rings (SSSR count). The van der Waals surface area contributed by atoms with Crippen LogP contribution in [0.3, 0.4) is 0 Å². The van der Waals surface area contributed by atoms with Gasteiger partial charge in [0.05, 0.1) is 14.2 Å². The van der Waals surface area contributed by atoms with Crippen LogP contribution in [0, 0.1) is 0 Å². The maximum Gasteiger partial charge on any atom is 0.122 e. The maximum atomic E-state index is 5.34. The Labute approximate surface area is 213 Å². The fourth-order valence-corrected chi connectivity index (χ4v) is 6.71. The number of hydrogen-bond donors (Lipinski definition) is 0. The summed E-state index contributed by atoms with van der Waals surface area (Å²) in [6.45, 7) is 2.19. The third-order valence-corrected chi connectivity index (χ3v) is 8.45. The minimum absolute atomic E-state index is 0.446. The van der Waals surface area contributed by atoms with Crippen molar-refractivity contribution < 1.29 is 9.47 Å². The number of hydrogen-bond acceptors (Lipinski definition) is 2. The van der Waals surface area contributed by atoms with E-state index in [1.54, 1.807) is 14.2 Å². The normalized spacial score (nSPS) is 11.3. The highest BCUT2D eigenvalue weighted by atomic mass is 79.9. The van der Waals surface area contributed by atoms with Crippen molar-refractivity contribution in [2.75, 3.05) is 19.5 Å². The van der Waals surface area contributed by atoms with Crippen LogP contribution in [-0.2, 0) is 0 Å². The molecule has 4 aromatic carbocycles. The van der Waals surface area contributed by atoms with Gasteiger partial charge in [-0.05, 0) is 54.4 Å². The summed E-state index contributed by atoms with van der Waals surface area (Å²) < 4.78 is 10.6. The molecular formula is C30H32BrO2P. The van der Waals surface area contributed by atoms with Gasteiger partial charge in [-0.15, -0.1) is 0 Å². The van der Waals surface area contributed by atoms with Gasteiger partial charge in [-0.2, -0.15) is 0 Å². The summed E-state index contributed by atoms with van der Waals surface area (Å²) in [7, 11) is 2.94. The molecule has 2 nitrogen and oxygen atoms in total. The number of alkyl halides is 1. The zero-order chi connectivity index (χ0) is 24.2. The zero-order valence-electron chi connectivity index (χ0n) is 20.0. The molecule has 34 heavy (non-hydrogen) atoms. The van der Waals surface area contributed by atoms with E-state index in [0.717, 1.165) is 23.2 Å². The fourth-order valence-electron chi connectivity index (χ4n) is 3.72. The molecule has 1 unspecified atom stereocenters. The van der Waals surface area contributed by atoms with Crippen molar-refractivity contribution in [1.29, 1.82) is 0 Å². The number of halogens is 1. The molecule has 0 fully saturated rings. The van der Waals surface area contributed by atoms with E-state index in [1.807, 2.05) is 18.2 Å². The molecule has 1 atom stereocenters. The largest absolute Gasteiger partial charge is 0.497 e. The topological polar surface area (TPSA) is 18.5 Å². The van der Waals surface area contributed by atoms with Gasteiger partial charge in [0.1, 0.15) is 11.5 Å². The Hall–Kier alpha value is -2.61. The smallest absolute Gasteiger partial charge is 0.122 e. The Kier molecular flexibility index (Phi) is 10.7. The van der Waals surface area contributed by atoms with Crippen LogP contribution in [0.25, 0.3) is 0 Å². The minimum Gasteiger partial charge on any atom is -0.497 e. The third kappa shape index (κ3) is 7.19. The Balaban J connectivity index is 0.000000197. The Bertz CT molecular complexity index is 1010. The molecule has 0 bridgehead atoms. The van der Waals surface area contributed by atoms with Crippen molar-refractivity contribution in [2.24, 2.45) is 0 Å². The number of ether oxygens (including phenoxy) is 2. The Morgan fingerprint density at radius 3 is 1.53 bits per heavy atom. The van der Waals surface area contributed by atoms with E-state index in [9.17, 15) is 0 Å². The van der Waals surface area contributed by atoms with E-state index in [0.29, 0.717) is 5.92 Å². The summed E-state index contributed by atoms with van der Waals surface area (Å²) in [5, 5.41) is 5.19. The van der Waals surface area contributed by atoms with Crippen molar-refractivity contribution >= 4 is 39.8 Å². The number of benzene rings is 4. The van der Waals surface area contributed by atoms with E-state index < -0.39 is 7.92 Å². The molecular weight excluding hydrogens is 503 g/mol. The molecule has 0 aliphatic rings. The Morgan fingerprint density at radius 2 is 1.15 bits per heavy atom. The van der Waals surface area contributed by atoms with E-state index in [1.165, 1.54) is 21.5 Å². The molecule has 0 spiro atoms. The lowest BCUT2D eigenvalue weighted by atomic mass is 9.97. The lowest BCUT2D eigenvalue weighted by Crippen LogP contribution is -2.20. The van der Waals surface area contributed by atoms with Crippen molar-refractivity contribution in [3.63, 3.8) is 0 Å². The molecule has 176 valence electrons. The van der Waals surface area contributed by atoms with Gasteiger partial charge >= 0.3 is 0 Å². The molecule has 0 N–H and O–H groups in total. The summed E-state index contributed by atoms with van der Waals surface area (Å²) >= 11 is 3.46. The summed E-state index contributed by atoms with van der Waals surface area (Å²) in [5.74, 6) is 2.28. The highest BCUT2D eigenvalue weighted by Gasteiger charge is 2.15. The molecule has 0 amide bonds. The van der Waals surface area contributed by atoms with Crippen LogP contribution in [0.2, 0.25) is 0 Å². The third-order valence-electron chi connectivity index (χ3n) is 5.55. The molecule has 4 heteroatoms. The molecule has 0 aromatic heterocycles. The highest BCUT2D eigenvalue weighted by molar-refractivity contribution is 9.09. The average molecular weight is 535 g/mol. The van der Waals surface area contributed by atoms with Crippen LogP contribution in [0.1, 0.15) is 24.8 Å². The predicted octanol–water partition coefficient (Wildman–Crippen LogP) is 7.04. The molecule has 0 radical (unpaired) electrons. The summed E-state index contributed by atoms with van der Waals surface area (Å²) in [5.41, 5.74) is 1.20. The van der Waals surface area contributed by atoms with Gasteiger partial charge in [0.25, 0.3) is 0 Å². The second-order valence-corrected chi connectivity index (χ2v) is 10.8. The van der Waals surface area contributed by atoms with Crippen molar-refractivity contribution in [3.8, 4) is 11.5 Å². The monoisotopic (exact) mass is 534 g/mol. The molecule has 0 aliphatic heterocycles. The summed E-state index contributed by atoms with van der Waals surface area (Å²) in [4.78, 5) is 0. The van der Waals surface area contributed by atoms with Crippen LogP contribution in [0.15, 0.2) is 109 Å². The van der Waals surface area contributed by atoms with E-state index in [-0.39, 0.29) is 0 Å². The number of methoxy groups -OCH3 is 2. The van der Waals surface area contributed by atoms with E-state index in [4.69, 9.17) is 9.47 Å². The quantitative estimate of drug-likeness (QED) is 0.178. The second-order valence-electron chi connectivity index (χ2n) is 7.83. The first-order chi connectivity index (χ1) is 16.7. The van der Waals surface area contributed by atoms with Crippen molar-refractivity contribution in [2.45, 2.75) is 19.3 Å². The lowest BCUT2D eigenvalue weighted by molar-refractivity contribution is 0.395. The zero-order valence-corrected chi connectivity index (χ0v) is 22.5. The molecule has 0 saturated carbocycles. The van der Waals surface area contributed by atoms with Gasteiger partial charge < -0.3 is 9.47 Å². The first-order valence-electron chi connectivity index (χ1n) is 11.4. The van der Waals surface area contributed by atoms with E-state index in [2.05, 4.69) is 114 Å². The summed E-state index contributed by atoms with van der Waals surface area (Å²) in [6.07, 6.45) is 1.09. The van der Waals surface area contributed by atoms with Crippen LogP contribution in [0.4, 0.5) is 0 Å². The lowest BCUT2D eigenvalue weighted by Gasteiger charge is -2.18. The predicted molar refractivity (Wildman–Crippen MR) is 152 cm³/mol. The van der Waals surface area contributed by atoms with Crippen molar-refractivity contribution in [1.82, 2.24) is 0 Å². The highest BCUT2D eigenvalue weighted by Crippen LogP contribution is 2.33. The fraction of sp³-hybridized carbons (Fsp3) is 0.200.